The van der Waals surface area contributed by atoms with Crippen LogP contribution in [0.15, 0.2) is 42.6 Å². The first-order chi connectivity index (χ1) is 13.9. The maximum absolute atomic E-state index is 14.5. The van der Waals surface area contributed by atoms with Crippen LogP contribution >= 0.6 is 0 Å². The van der Waals surface area contributed by atoms with E-state index in [0.717, 1.165) is 17.1 Å². The summed E-state index contributed by atoms with van der Waals surface area (Å²) in [6, 6.07) is 8.97. The Bertz CT molecular complexity index is 1030. The van der Waals surface area contributed by atoms with Crippen LogP contribution in [0.1, 0.15) is 36.9 Å². The Hall–Kier alpha value is -2.90. The quantitative estimate of drug-likeness (QED) is 0.576. The van der Waals surface area contributed by atoms with E-state index in [1.54, 1.807) is 13.0 Å². The van der Waals surface area contributed by atoms with Gasteiger partial charge in [-0.1, -0.05) is 18.2 Å². The Kier molecular flexibility index (Phi) is 5.25. The zero-order chi connectivity index (χ0) is 20.5. The average Bonchev–Trinajstić information content (AvgIpc) is 3.14. The summed E-state index contributed by atoms with van der Waals surface area (Å²) in [6.45, 7) is 2.67. The van der Waals surface area contributed by atoms with Crippen LogP contribution in [0.3, 0.4) is 0 Å². The van der Waals surface area contributed by atoms with Crippen molar-refractivity contribution in [1.82, 2.24) is 10.2 Å². The molecule has 1 aliphatic rings. The summed E-state index contributed by atoms with van der Waals surface area (Å²) in [4.78, 5) is 1.96. The number of halogens is 4. The molecular weight excluding hydrogens is 384 g/mol. The van der Waals surface area contributed by atoms with Crippen molar-refractivity contribution in [2.24, 2.45) is 0 Å². The smallest absolute Gasteiger partial charge is 0.266 e. The molecule has 29 heavy (non-hydrogen) atoms. The maximum atomic E-state index is 14.5. The third kappa shape index (κ3) is 3.83. The van der Waals surface area contributed by atoms with E-state index in [1.165, 1.54) is 18.3 Å². The van der Waals surface area contributed by atoms with Crippen molar-refractivity contribution in [3.63, 3.8) is 0 Å². The third-order valence-electron chi connectivity index (χ3n) is 5.25. The Morgan fingerprint density at radius 1 is 1.17 bits per heavy atom. The molecule has 1 aromatic heterocycles. The summed E-state index contributed by atoms with van der Waals surface area (Å²) in [5.74, 6) is -0.916. The van der Waals surface area contributed by atoms with E-state index < -0.39 is 30.0 Å². The van der Waals surface area contributed by atoms with Gasteiger partial charge in [-0.25, -0.2) is 17.6 Å². The molecule has 4 nitrogen and oxygen atoms in total. The number of nitrogens with zero attached hydrogens (tertiary/aromatic N) is 3. The Labute approximate surface area is 165 Å². The number of fused-ring (bicyclic) bond motifs is 1. The molecule has 0 radical (unpaired) electrons. The van der Waals surface area contributed by atoms with E-state index in [0.29, 0.717) is 30.7 Å². The van der Waals surface area contributed by atoms with Gasteiger partial charge in [0.1, 0.15) is 12.0 Å². The van der Waals surface area contributed by atoms with Crippen LogP contribution < -0.4 is 10.2 Å². The lowest BCUT2D eigenvalue weighted by Crippen LogP contribution is -2.19. The number of aromatic nitrogens is 2. The summed E-state index contributed by atoms with van der Waals surface area (Å²) < 4.78 is 54.1. The lowest BCUT2D eigenvalue weighted by molar-refractivity contribution is 0.146. The Balaban J connectivity index is 1.66. The number of anilines is 2. The minimum atomic E-state index is -2.88. The molecule has 1 saturated heterocycles. The number of hydrogen-bond donors (Lipinski definition) is 1. The maximum Gasteiger partial charge on any atom is 0.266 e. The lowest BCUT2D eigenvalue weighted by atomic mass is 10.0. The highest BCUT2D eigenvalue weighted by molar-refractivity contribution is 5.93. The van der Waals surface area contributed by atoms with Crippen molar-refractivity contribution in [1.29, 1.82) is 0 Å². The molecule has 0 bridgehead atoms. The number of hydrogen-bond acceptors (Lipinski definition) is 4. The molecule has 2 heterocycles. The van der Waals surface area contributed by atoms with Gasteiger partial charge < -0.3 is 10.2 Å². The predicted molar refractivity (Wildman–Crippen MR) is 105 cm³/mol. The van der Waals surface area contributed by atoms with Crippen LogP contribution in [0, 0.1) is 5.82 Å². The van der Waals surface area contributed by atoms with Gasteiger partial charge >= 0.3 is 0 Å². The van der Waals surface area contributed by atoms with E-state index >= 15 is 0 Å². The van der Waals surface area contributed by atoms with Gasteiger partial charge in [0.25, 0.3) is 6.43 Å². The van der Waals surface area contributed by atoms with Crippen LogP contribution in [-0.4, -0.2) is 29.5 Å². The molecule has 0 unspecified atom stereocenters. The second-order valence-corrected chi connectivity index (χ2v) is 7.21. The highest BCUT2D eigenvalue weighted by Gasteiger charge is 2.23. The first kappa shape index (κ1) is 19.4. The Morgan fingerprint density at radius 2 is 1.97 bits per heavy atom. The molecule has 0 amide bonds. The van der Waals surface area contributed by atoms with Crippen molar-refractivity contribution in [3.8, 4) is 0 Å². The summed E-state index contributed by atoms with van der Waals surface area (Å²) >= 11 is 0. The average molecular weight is 404 g/mol. The van der Waals surface area contributed by atoms with Gasteiger partial charge in [0.2, 0.25) is 0 Å². The molecule has 0 spiro atoms. The van der Waals surface area contributed by atoms with Crippen molar-refractivity contribution < 1.29 is 17.6 Å². The highest BCUT2D eigenvalue weighted by Crippen LogP contribution is 2.32. The van der Waals surface area contributed by atoms with Gasteiger partial charge in [0.05, 0.1) is 29.0 Å². The molecule has 1 N–H and O–H groups in total. The summed E-state index contributed by atoms with van der Waals surface area (Å²) in [5.41, 5.74) is 1.62. The van der Waals surface area contributed by atoms with Gasteiger partial charge in [-0.05, 0) is 31.5 Å². The zero-order valence-electron chi connectivity index (χ0n) is 15.7. The van der Waals surface area contributed by atoms with Crippen molar-refractivity contribution >= 4 is 22.3 Å². The monoisotopic (exact) mass is 404 g/mol. The van der Waals surface area contributed by atoms with Crippen molar-refractivity contribution in [2.75, 3.05) is 23.3 Å². The van der Waals surface area contributed by atoms with E-state index in [4.69, 9.17) is 0 Å². The highest BCUT2D eigenvalue weighted by atomic mass is 19.3. The second-order valence-electron chi connectivity index (χ2n) is 7.21. The minimum Gasteiger partial charge on any atom is -0.377 e. The fraction of sp³-hybridized carbons (Fsp3) is 0.333. The first-order valence-corrected chi connectivity index (χ1v) is 9.41. The SMILES string of the molecule is C[C@@H](Nc1cnnc2ccc(N3CC[C@@H](F)C3)cc12)c1cccc(C(F)F)c1F. The molecule has 8 heteroatoms. The summed E-state index contributed by atoms with van der Waals surface area (Å²) in [6.07, 6.45) is -1.72. The van der Waals surface area contributed by atoms with Gasteiger partial charge in [0.15, 0.2) is 0 Å². The van der Waals surface area contributed by atoms with Crippen molar-refractivity contribution in [3.05, 3.63) is 59.5 Å². The lowest BCUT2D eigenvalue weighted by Gasteiger charge is -2.20. The molecular formula is C21H20F4N4. The molecule has 0 aliphatic carbocycles. The summed E-state index contributed by atoms with van der Waals surface area (Å²) in [5, 5.41) is 12.0. The predicted octanol–water partition coefficient (Wildman–Crippen LogP) is 5.43. The molecule has 1 aliphatic heterocycles. The van der Waals surface area contributed by atoms with Gasteiger partial charge in [-0.15, -0.1) is 0 Å². The topological polar surface area (TPSA) is 41.1 Å². The zero-order valence-corrected chi connectivity index (χ0v) is 15.7. The third-order valence-corrected chi connectivity index (χ3v) is 5.25. The minimum absolute atomic E-state index is 0.142. The number of rotatable bonds is 5. The van der Waals surface area contributed by atoms with E-state index in [9.17, 15) is 17.6 Å². The van der Waals surface area contributed by atoms with E-state index in [-0.39, 0.29) is 5.56 Å². The fourth-order valence-corrected chi connectivity index (χ4v) is 3.69. The number of benzene rings is 2. The number of nitrogens with one attached hydrogen (secondary N) is 1. The van der Waals surface area contributed by atoms with E-state index in [2.05, 4.69) is 15.5 Å². The van der Waals surface area contributed by atoms with Gasteiger partial charge in [-0.3, -0.25) is 0 Å². The van der Waals surface area contributed by atoms with Crippen LogP contribution in [0.5, 0.6) is 0 Å². The van der Waals surface area contributed by atoms with Crippen LogP contribution in [0.4, 0.5) is 28.9 Å². The fourth-order valence-electron chi connectivity index (χ4n) is 3.69. The first-order valence-electron chi connectivity index (χ1n) is 9.41. The van der Waals surface area contributed by atoms with E-state index in [1.807, 2.05) is 17.0 Å². The largest absolute Gasteiger partial charge is 0.377 e. The molecule has 4 rings (SSSR count). The molecule has 2 atom stereocenters. The molecule has 2 aromatic carbocycles. The second kappa shape index (κ2) is 7.85. The number of alkyl halides is 3. The summed E-state index contributed by atoms with van der Waals surface area (Å²) in [7, 11) is 0. The van der Waals surface area contributed by atoms with Crippen LogP contribution in [0.2, 0.25) is 0 Å². The van der Waals surface area contributed by atoms with Gasteiger partial charge in [-0.2, -0.15) is 10.2 Å². The Morgan fingerprint density at radius 3 is 2.69 bits per heavy atom. The normalized spacial score (nSPS) is 17.9. The molecule has 0 saturated carbocycles. The molecule has 3 aromatic rings. The van der Waals surface area contributed by atoms with Crippen molar-refractivity contribution in [2.45, 2.75) is 32.0 Å². The van der Waals surface area contributed by atoms with Gasteiger partial charge in [0, 0.05) is 29.7 Å². The molecule has 152 valence electrons. The van der Waals surface area contributed by atoms with Crippen LogP contribution in [-0.2, 0) is 0 Å². The van der Waals surface area contributed by atoms with Crippen LogP contribution in [0.25, 0.3) is 10.9 Å². The standard InChI is InChI=1S/C21H20F4N4/c1-12(15-3-2-4-16(20(15)23)21(24)25)27-19-10-26-28-18-6-5-14(9-17(18)19)29-8-7-13(22)11-29/h2-6,9-10,12-13,21H,7-8,11H2,1H3,(H,27,28)/t12-,13-/m1/s1. The molecule has 1 fully saturated rings.